The van der Waals surface area contributed by atoms with E-state index >= 15 is 0 Å². The molecule has 0 aliphatic heterocycles. The zero-order valence-corrected chi connectivity index (χ0v) is 16.1. The first-order valence-corrected chi connectivity index (χ1v) is 9.43. The average Bonchev–Trinajstić information content (AvgIpc) is 2.54. The van der Waals surface area contributed by atoms with Crippen molar-refractivity contribution in [3.8, 4) is 0 Å². The molecular formula is C21H34N2O. The molecule has 1 heterocycles. The van der Waals surface area contributed by atoms with Gasteiger partial charge in [-0.05, 0) is 66.5 Å². The molecule has 24 heavy (non-hydrogen) atoms. The molecule has 1 fully saturated rings. The zero-order valence-electron chi connectivity index (χ0n) is 16.1. The number of carbonyl (C=O) groups is 1. The van der Waals surface area contributed by atoms with Crippen LogP contribution < -0.4 is 5.32 Å². The van der Waals surface area contributed by atoms with Crippen LogP contribution in [0.25, 0.3) is 0 Å². The van der Waals surface area contributed by atoms with Gasteiger partial charge in [0.15, 0.2) is 0 Å². The van der Waals surface area contributed by atoms with Gasteiger partial charge in [0.05, 0.1) is 0 Å². The molecule has 1 amide bonds. The van der Waals surface area contributed by atoms with Gasteiger partial charge < -0.3 is 5.32 Å². The summed E-state index contributed by atoms with van der Waals surface area (Å²) < 4.78 is 0. The van der Waals surface area contributed by atoms with Gasteiger partial charge in [-0.2, -0.15) is 0 Å². The van der Waals surface area contributed by atoms with Gasteiger partial charge in [0, 0.05) is 24.9 Å². The molecule has 3 heteroatoms. The summed E-state index contributed by atoms with van der Waals surface area (Å²) in [5.41, 5.74) is 1.88. The molecule has 2 rings (SSSR count). The summed E-state index contributed by atoms with van der Waals surface area (Å²) >= 11 is 0. The van der Waals surface area contributed by atoms with Crippen LogP contribution in [0.4, 0.5) is 0 Å². The van der Waals surface area contributed by atoms with E-state index < -0.39 is 0 Å². The van der Waals surface area contributed by atoms with E-state index in [1.54, 1.807) is 12.4 Å². The Kier molecular flexibility index (Phi) is 6.06. The predicted molar refractivity (Wildman–Crippen MR) is 99.6 cm³/mol. The van der Waals surface area contributed by atoms with Crippen LogP contribution in [0.15, 0.2) is 24.5 Å². The first-order valence-electron chi connectivity index (χ1n) is 9.43. The maximum Gasteiger partial charge on any atom is 0.223 e. The van der Waals surface area contributed by atoms with Crippen LogP contribution in [0.5, 0.6) is 0 Å². The van der Waals surface area contributed by atoms with E-state index in [1.807, 2.05) is 12.1 Å². The number of rotatable bonds is 5. The van der Waals surface area contributed by atoms with Crippen molar-refractivity contribution < 1.29 is 4.79 Å². The number of nitrogens with zero attached hydrogens (tertiary/aromatic N) is 1. The topological polar surface area (TPSA) is 42.0 Å². The number of aromatic nitrogens is 1. The molecule has 3 nitrogen and oxygen atoms in total. The van der Waals surface area contributed by atoms with Crippen LogP contribution in [0.1, 0.15) is 65.9 Å². The third-order valence-corrected chi connectivity index (χ3v) is 6.31. The van der Waals surface area contributed by atoms with Crippen molar-refractivity contribution in [1.82, 2.24) is 10.3 Å². The highest BCUT2D eigenvalue weighted by molar-refractivity contribution is 5.78. The van der Waals surface area contributed by atoms with Crippen LogP contribution >= 0.6 is 0 Å². The number of amides is 1. The molecule has 1 aromatic rings. The summed E-state index contributed by atoms with van der Waals surface area (Å²) in [4.78, 5) is 16.5. The molecule has 0 bridgehead atoms. The SMILES string of the molecule is CC(C)C1(C(C)(C)C)CCC(C(=O)NCCc2ccncc2)CC1. The summed E-state index contributed by atoms with van der Waals surface area (Å²) in [6.07, 6.45) is 8.85. The molecule has 0 atom stereocenters. The van der Waals surface area contributed by atoms with Gasteiger partial charge in [-0.3, -0.25) is 9.78 Å². The second-order valence-corrected chi connectivity index (χ2v) is 8.73. The van der Waals surface area contributed by atoms with Crippen LogP contribution in [-0.4, -0.2) is 17.4 Å². The Bertz CT molecular complexity index is 523. The number of hydrogen-bond donors (Lipinski definition) is 1. The van der Waals surface area contributed by atoms with Gasteiger partial charge in [0.25, 0.3) is 0 Å². The van der Waals surface area contributed by atoms with Crippen LogP contribution in [0, 0.1) is 22.7 Å². The Morgan fingerprint density at radius 1 is 1.25 bits per heavy atom. The van der Waals surface area contributed by atoms with E-state index in [4.69, 9.17) is 0 Å². The minimum absolute atomic E-state index is 0.191. The third-order valence-electron chi connectivity index (χ3n) is 6.31. The smallest absolute Gasteiger partial charge is 0.223 e. The monoisotopic (exact) mass is 330 g/mol. The Labute approximate surface area is 147 Å². The fourth-order valence-electron chi connectivity index (χ4n) is 4.61. The van der Waals surface area contributed by atoms with Crippen molar-refractivity contribution in [1.29, 1.82) is 0 Å². The van der Waals surface area contributed by atoms with E-state index in [1.165, 1.54) is 5.56 Å². The maximum atomic E-state index is 12.5. The molecule has 0 aromatic carbocycles. The minimum Gasteiger partial charge on any atom is -0.356 e. The number of hydrogen-bond acceptors (Lipinski definition) is 2. The molecular weight excluding hydrogens is 296 g/mol. The third kappa shape index (κ3) is 4.17. The largest absolute Gasteiger partial charge is 0.356 e. The quantitative estimate of drug-likeness (QED) is 0.856. The van der Waals surface area contributed by atoms with Gasteiger partial charge in [-0.1, -0.05) is 34.6 Å². The van der Waals surface area contributed by atoms with E-state index in [-0.39, 0.29) is 11.8 Å². The van der Waals surface area contributed by atoms with E-state index in [2.05, 4.69) is 44.9 Å². The highest BCUT2D eigenvalue weighted by atomic mass is 16.1. The van der Waals surface area contributed by atoms with Gasteiger partial charge in [0.2, 0.25) is 5.91 Å². The first kappa shape index (κ1) is 19.0. The standard InChI is InChI=1S/C21H34N2O/c1-16(2)21(20(3,4)5)11-6-18(7-12-21)19(24)23-15-10-17-8-13-22-14-9-17/h8-9,13-14,16,18H,6-7,10-12,15H2,1-5H3,(H,23,24). The number of nitrogens with one attached hydrogen (secondary N) is 1. The maximum absolute atomic E-state index is 12.5. The van der Waals surface area contributed by atoms with Crippen LogP contribution in [0.2, 0.25) is 0 Å². The predicted octanol–water partition coefficient (Wildman–Crippen LogP) is 4.62. The van der Waals surface area contributed by atoms with Crippen molar-refractivity contribution in [3.63, 3.8) is 0 Å². The first-order chi connectivity index (χ1) is 11.3. The molecule has 0 unspecified atom stereocenters. The van der Waals surface area contributed by atoms with E-state index in [0.29, 0.717) is 23.3 Å². The molecule has 134 valence electrons. The van der Waals surface area contributed by atoms with Crippen LogP contribution in [-0.2, 0) is 11.2 Å². The lowest BCUT2D eigenvalue weighted by atomic mass is 9.53. The van der Waals surface area contributed by atoms with Crippen molar-refractivity contribution in [3.05, 3.63) is 30.1 Å². The van der Waals surface area contributed by atoms with Crippen molar-refractivity contribution >= 4 is 5.91 Å². The molecule has 1 saturated carbocycles. The average molecular weight is 331 g/mol. The van der Waals surface area contributed by atoms with Crippen molar-refractivity contribution in [2.24, 2.45) is 22.7 Å². The van der Waals surface area contributed by atoms with Gasteiger partial charge in [-0.15, -0.1) is 0 Å². The minimum atomic E-state index is 0.191. The van der Waals surface area contributed by atoms with Crippen molar-refractivity contribution in [2.75, 3.05) is 6.54 Å². The summed E-state index contributed by atoms with van der Waals surface area (Å²) in [5, 5.41) is 3.14. The summed E-state index contributed by atoms with van der Waals surface area (Å²) in [5.74, 6) is 1.10. The van der Waals surface area contributed by atoms with Crippen molar-refractivity contribution in [2.45, 2.75) is 66.7 Å². The zero-order chi connectivity index (χ0) is 17.8. The van der Waals surface area contributed by atoms with Gasteiger partial charge >= 0.3 is 0 Å². The second kappa shape index (κ2) is 7.67. The second-order valence-electron chi connectivity index (χ2n) is 8.73. The lowest BCUT2D eigenvalue weighted by Crippen LogP contribution is -2.45. The molecule has 1 N–H and O–H groups in total. The highest BCUT2D eigenvalue weighted by Crippen LogP contribution is 2.55. The van der Waals surface area contributed by atoms with E-state index in [9.17, 15) is 4.79 Å². The van der Waals surface area contributed by atoms with Gasteiger partial charge in [-0.25, -0.2) is 0 Å². The Balaban J connectivity index is 1.84. The lowest BCUT2D eigenvalue weighted by Gasteiger charge is -2.52. The van der Waals surface area contributed by atoms with Crippen LogP contribution in [0.3, 0.4) is 0 Å². The number of carbonyl (C=O) groups excluding carboxylic acids is 1. The fraction of sp³-hybridized carbons (Fsp3) is 0.714. The molecule has 1 aromatic heterocycles. The molecule has 0 saturated heterocycles. The molecule has 0 spiro atoms. The van der Waals surface area contributed by atoms with E-state index in [0.717, 1.165) is 32.1 Å². The molecule has 1 aliphatic carbocycles. The molecule has 1 aliphatic rings. The van der Waals surface area contributed by atoms with Gasteiger partial charge in [0.1, 0.15) is 0 Å². The summed E-state index contributed by atoms with van der Waals surface area (Å²) in [7, 11) is 0. The number of pyridine rings is 1. The Morgan fingerprint density at radius 2 is 1.83 bits per heavy atom. The fourth-order valence-corrected chi connectivity index (χ4v) is 4.61. The highest BCUT2D eigenvalue weighted by Gasteiger charge is 2.47. The molecule has 0 radical (unpaired) electrons. The Hall–Kier alpha value is -1.38. The Morgan fingerprint density at radius 3 is 2.33 bits per heavy atom. The normalized spacial score (nSPS) is 24.8. The summed E-state index contributed by atoms with van der Waals surface area (Å²) in [6.45, 7) is 12.5. The lowest BCUT2D eigenvalue weighted by molar-refractivity contribution is -0.128. The summed E-state index contributed by atoms with van der Waals surface area (Å²) in [6, 6.07) is 4.01.